The number of hydrogen-bond acceptors (Lipinski definition) is 4. The molecule has 0 fully saturated rings. The summed E-state index contributed by atoms with van der Waals surface area (Å²) in [5.74, 6) is -0.712. The molecular formula is C23H20F3N3O3S. The highest BCUT2D eigenvalue weighted by atomic mass is 32.2. The average Bonchev–Trinajstić information content (AvgIpc) is 2.77. The number of para-hydroxylation sites is 1. The van der Waals surface area contributed by atoms with Crippen LogP contribution in [0.3, 0.4) is 0 Å². The van der Waals surface area contributed by atoms with Crippen LogP contribution in [0, 0.1) is 0 Å². The number of carbonyl (C=O) groups is 1. The molecule has 1 amide bonds. The van der Waals surface area contributed by atoms with E-state index in [0.29, 0.717) is 0 Å². The maximum absolute atomic E-state index is 12.8. The van der Waals surface area contributed by atoms with Crippen molar-refractivity contribution >= 4 is 27.8 Å². The normalized spacial score (nSPS) is 12.0. The monoisotopic (exact) mass is 475 g/mol. The van der Waals surface area contributed by atoms with E-state index in [2.05, 4.69) is 10.5 Å². The topological polar surface area (TPSA) is 78.8 Å². The fourth-order valence-corrected chi connectivity index (χ4v) is 3.93. The lowest BCUT2D eigenvalue weighted by Crippen LogP contribution is -2.32. The molecule has 0 bridgehead atoms. The highest BCUT2D eigenvalue weighted by Gasteiger charge is 2.30. The van der Waals surface area contributed by atoms with Crippen molar-refractivity contribution in [1.82, 2.24) is 5.43 Å². The van der Waals surface area contributed by atoms with Gasteiger partial charge in [-0.3, -0.25) is 9.10 Å². The van der Waals surface area contributed by atoms with E-state index < -0.39 is 27.7 Å². The molecule has 3 aromatic rings. The zero-order valence-corrected chi connectivity index (χ0v) is 18.3. The van der Waals surface area contributed by atoms with Crippen LogP contribution < -0.4 is 9.73 Å². The maximum atomic E-state index is 12.8. The number of amides is 1. The number of rotatable bonds is 7. The van der Waals surface area contributed by atoms with Gasteiger partial charge in [-0.1, -0.05) is 54.6 Å². The minimum atomic E-state index is -4.50. The minimum absolute atomic E-state index is 0.0114. The summed E-state index contributed by atoms with van der Waals surface area (Å²) in [6, 6.07) is 19.4. The van der Waals surface area contributed by atoms with E-state index in [1.54, 1.807) is 42.5 Å². The van der Waals surface area contributed by atoms with Crippen molar-refractivity contribution in [3.63, 3.8) is 0 Å². The lowest BCUT2D eigenvalue weighted by Gasteiger charge is -2.24. The van der Waals surface area contributed by atoms with Crippen LogP contribution in [0.15, 0.2) is 84.0 Å². The first-order valence-corrected chi connectivity index (χ1v) is 11.5. The van der Waals surface area contributed by atoms with Crippen LogP contribution in [0.1, 0.15) is 27.0 Å². The Hall–Kier alpha value is -3.66. The molecule has 0 spiro atoms. The Bertz CT molecular complexity index is 1260. The Morgan fingerprint density at radius 2 is 1.67 bits per heavy atom. The molecule has 172 valence electrons. The van der Waals surface area contributed by atoms with E-state index in [1.807, 2.05) is 0 Å². The minimum Gasteiger partial charge on any atom is -0.267 e. The molecule has 0 radical (unpaired) electrons. The molecule has 0 aliphatic carbocycles. The number of alkyl halides is 3. The van der Waals surface area contributed by atoms with Crippen molar-refractivity contribution in [2.24, 2.45) is 5.10 Å². The summed E-state index contributed by atoms with van der Waals surface area (Å²) in [5.41, 5.74) is 2.46. The van der Waals surface area contributed by atoms with Crippen molar-refractivity contribution in [2.45, 2.75) is 12.7 Å². The molecule has 3 rings (SSSR count). The molecule has 0 aliphatic heterocycles. The fraction of sp³-hybridized carbons (Fsp3) is 0.130. The third-order valence-electron chi connectivity index (χ3n) is 4.58. The number of sulfonamides is 1. The quantitative estimate of drug-likeness (QED) is 0.406. The van der Waals surface area contributed by atoms with E-state index in [4.69, 9.17) is 0 Å². The predicted octanol–water partition coefficient (Wildman–Crippen LogP) is 4.44. The molecule has 6 nitrogen and oxygen atoms in total. The second kappa shape index (κ2) is 9.86. The van der Waals surface area contributed by atoms with Gasteiger partial charge in [-0.25, -0.2) is 13.8 Å². The number of halogens is 3. The first-order chi connectivity index (χ1) is 15.6. The van der Waals surface area contributed by atoms with Gasteiger partial charge < -0.3 is 0 Å². The molecule has 33 heavy (non-hydrogen) atoms. The maximum Gasteiger partial charge on any atom is 0.416 e. The van der Waals surface area contributed by atoms with E-state index in [-0.39, 0.29) is 23.4 Å². The van der Waals surface area contributed by atoms with E-state index in [1.165, 1.54) is 24.3 Å². The van der Waals surface area contributed by atoms with Crippen molar-refractivity contribution < 1.29 is 26.4 Å². The van der Waals surface area contributed by atoms with Crippen LogP contribution in [0.25, 0.3) is 0 Å². The zero-order valence-electron chi connectivity index (χ0n) is 17.5. The second-order valence-corrected chi connectivity index (χ2v) is 9.00. The molecule has 0 saturated heterocycles. The third-order valence-corrected chi connectivity index (χ3v) is 5.71. The molecule has 0 heterocycles. The van der Waals surface area contributed by atoms with Crippen LogP contribution in [0.5, 0.6) is 0 Å². The van der Waals surface area contributed by atoms with Gasteiger partial charge in [-0.2, -0.15) is 18.3 Å². The zero-order chi connectivity index (χ0) is 24.1. The van der Waals surface area contributed by atoms with Gasteiger partial charge in [0.2, 0.25) is 10.0 Å². The van der Waals surface area contributed by atoms with E-state index in [0.717, 1.165) is 34.5 Å². The van der Waals surface area contributed by atoms with Gasteiger partial charge in [-0.05, 0) is 35.4 Å². The molecule has 0 aromatic heterocycles. The van der Waals surface area contributed by atoms with Crippen molar-refractivity contribution in [1.29, 1.82) is 0 Å². The number of nitrogens with zero attached hydrogens (tertiary/aromatic N) is 2. The number of benzene rings is 3. The largest absolute Gasteiger partial charge is 0.416 e. The number of hydrogen-bond donors (Lipinski definition) is 1. The molecule has 0 saturated carbocycles. The van der Waals surface area contributed by atoms with Gasteiger partial charge in [0.25, 0.3) is 5.91 Å². The predicted molar refractivity (Wildman–Crippen MR) is 120 cm³/mol. The highest BCUT2D eigenvalue weighted by molar-refractivity contribution is 7.92. The second-order valence-electron chi connectivity index (χ2n) is 7.09. The standard InChI is InChI=1S/C23H20F3N3O3S/c1-33(31,32)29(16-17-8-3-2-4-9-17)21-13-6-5-12-20(21)22(30)28-27-15-18-10-7-11-19(14-18)23(24,25)26/h2-15H,16H2,1H3,(H,28,30)/b27-15+. The fourth-order valence-electron chi connectivity index (χ4n) is 3.03. The van der Waals surface area contributed by atoms with Crippen molar-refractivity contribution in [3.8, 4) is 0 Å². The SMILES string of the molecule is CS(=O)(=O)N(Cc1ccccc1)c1ccccc1C(=O)N/N=C/c1cccc(C(F)(F)F)c1. The van der Waals surface area contributed by atoms with Gasteiger partial charge in [0.05, 0.1) is 35.8 Å². The van der Waals surface area contributed by atoms with Crippen LogP contribution in [0.4, 0.5) is 18.9 Å². The van der Waals surface area contributed by atoms with Gasteiger partial charge >= 0.3 is 6.18 Å². The Morgan fingerprint density at radius 3 is 2.33 bits per heavy atom. The molecule has 1 N–H and O–H groups in total. The summed E-state index contributed by atoms with van der Waals surface area (Å²) in [6.07, 6.45) is -2.38. The Morgan fingerprint density at radius 1 is 1.00 bits per heavy atom. The summed E-state index contributed by atoms with van der Waals surface area (Å²) >= 11 is 0. The smallest absolute Gasteiger partial charge is 0.267 e. The first-order valence-electron chi connectivity index (χ1n) is 9.67. The van der Waals surface area contributed by atoms with Crippen LogP contribution in [0.2, 0.25) is 0 Å². The lowest BCUT2D eigenvalue weighted by molar-refractivity contribution is -0.137. The average molecular weight is 475 g/mol. The van der Waals surface area contributed by atoms with Crippen LogP contribution in [-0.4, -0.2) is 26.8 Å². The number of hydrazone groups is 1. The van der Waals surface area contributed by atoms with E-state index >= 15 is 0 Å². The summed E-state index contributed by atoms with van der Waals surface area (Å²) < 4.78 is 64.6. The first kappa shape index (κ1) is 24.0. The number of nitrogens with one attached hydrogen (secondary N) is 1. The molecule has 3 aromatic carbocycles. The summed E-state index contributed by atoms with van der Waals surface area (Å²) in [6.45, 7) is 0.0114. The van der Waals surface area contributed by atoms with E-state index in [9.17, 15) is 26.4 Å². The highest BCUT2D eigenvalue weighted by Crippen LogP contribution is 2.29. The van der Waals surface area contributed by atoms with Gasteiger partial charge in [-0.15, -0.1) is 0 Å². The number of carbonyl (C=O) groups excluding carboxylic acids is 1. The molecule has 10 heteroatoms. The van der Waals surface area contributed by atoms with Gasteiger partial charge in [0, 0.05) is 0 Å². The van der Waals surface area contributed by atoms with Gasteiger partial charge in [0.15, 0.2) is 0 Å². The van der Waals surface area contributed by atoms with Gasteiger partial charge in [0.1, 0.15) is 0 Å². The van der Waals surface area contributed by atoms with Crippen LogP contribution >= 0.6 is 0 Å². The third kappa shape index (κ3) is 6.42. The molecular weight excluding hydrogens is 455 g/mol. The Kier molecular flexibility index (Phi) is 7.17. The Labute approximate surface area is 189 Å². The molecule has 0 unspecified atom stereocenters. The summed E-state index contributed by atoms with van der Waals surface area (Å²) in [5, 5.41) is 3.73. The summed E-state index contributed by atoms with van der Waals surface area (Å²) in [7, 11) is -3.75. The molecule has 0 atom stereocenters. The lowest BCUT2D eigenvalue weighted by atomic mass is 10.1. The summed E-state index contributed by atoms with van der Waals surface area (Å²) in [4.78, 5) is 12.7. The number of anilines is 1. The van der Waals surface area contributed by atoms with Crippen molar-refractivity contribution in [3.05, 3.63) is 101 Å². The Balaban J connectivity index is 1.84. The van der Waals surface area contributed by atoms with Crippen molar-refractivity contribution in [2.75, 3.05) is 10.6 Å². The van der Waals surface area contributed by atoms with Crippen LogP contribution in [-0.2, 0) is 22.7 Å². The molecule has 0 aliphatic rings.